The first-order valence-electron chi connectivity index (χ1n) is 6.50. The molecule has 1 unspecified atom stereocenters. The highest BCUT2D eigenvalue weighted by molar-refractivity contribution is 7.94. The third-order valence-corrected chi connectivity index (χ3v) is 4.30. The molecule has 1 heterocycles. The molecule has 114 valence electrons. The smallest absolute Gasteiger partial charge is 0.311 e. The number of hydrogen-bond donors (Lipinski definition) is 1. The lowest BCUT2D eigenvalue weighted by Gasteiger charge is -2.13. The molecule has 0 bridgehead atoms. The van der Waals surface area contributed by atoms with Crippen molar-refractivity contribution in [3.63, 3.8) is 0 Å². The molecule has 2 rings (SSSR count). The van der Waals surface area contributed by atoms with Crippen LogP contribution in [0, 0.1) is 10.1 Å². The minimum Gasteiger partial charge on any atom is -0.487 e. The third-order valence-electron chi connectivity index (χ3n) is 2.90. The molecule has 1 aliphatic rings. The number of rotatable bonds is 6. The number of anilines is 1. The van der Waals surface area contributed by atoms with Crippen molar-refractivity contribution in [2.24, 2.45) is 0 Å². The lowest BCUT2D eigenvalue weighted by molar-refractivity contribution is -0.385. The summed E-state index contributed by atoms with van der Waals surface area (Å²) in [4.78, 5) is 10.4. The van der Waals surface area contributed by atoms with Gasteiger partial charge in [-0.1, -0.05) is 13.0 Å². The van der Waals surface area contributed by atoms with E-state index < -0.39 is 14.8 Å². The molecule has 0 saturated heterocycles. The second kappa shape index (κ2) is 6.13. The van der Waals surface area contributed by atoms with Gasteiger partial charge < -0.3 is 10.1 Å². The van der Waals surface area contributed by atoms with Crippen LogP contribution in [0.1, 0.15) is 13.3 Å². The highest BCUT2D eigenvalue weighted by Crippen LogP contribution is 2.31. The summed E-state index contributed by atoms with van der Waals surface area (Å²) in [5.41, 5.74) is 0.474. The largest absolute Gasteiger partial charge is 0.487 e. The van der Waals surface area contributed by atoms with Crippen LogP contribution in [0.2, 0.25) is 0 Å². The van der Waals surface area contributed by atoms with Crippen molar-refractivity contribution in [2.75, 3.05) is 17.7 Å². The van der Waals surface area contributed by atoms with Gasteiger partial charge in [-0.2, -0.15) is 0 Å². The average molecular weight is 312 g/mol. The Morgan fingerprint density at radius 2 is 2.24 bits per heavy atom. The second-order valence-electron chi connectivity index (χ2n) is 4.70. The van der Waals surface area contributed by atoms with Gasteiger partial charge in [0.2, 0.25) is 0 Å². The Labute approximate surface area is 122 Å². The van der Waals surface area contributed by atoms with E-state index >= 15 is 0 Å². The number of ether oxygens (including phenoxy) is 1. The molecular weight excluding hydrogens is 296 g/mol. The summed E-state index contributed by atoms with van der Waals surface area (Å²) in [7, 11) is -3.14. The maximum Gasteiger partial charge on any atom is 0.311 e. The van der Waals surface area contributed by atoms with Crippen molar-refractivity contribution in [3.8, 4) is 5.75 Å². The Balaban J connectivity index is 2.17. The number of nitrogens with one attached hydrogen (secondary N) is 1. The van der Waals surface area contributed by atoms with Gasteiger partial charge in [0.25, 0.3) is 0 Å². The number of benzene rings is 1. The van der Waals surface area contributed by atoms with Crippen LogP contribution >= 0.6 is 0 Å². The Hall–Kier alpha value is -2.09. The topological polar surface area (TPSA) is 98.5 Å². The Bertz CT molecular complexity index is 669. The molecule has 7 nitrogen and oxygen atoms in total. The lowest BCUT2D eigenvalue weighted by atomic mass is 10.2. The Morgan fingerprint density at radius 1 is 1.48 bits per heavy atom. The first-order valence-corrected chi connectivity index (χ1v) is 8.21. The van der Waals surface area contributed by atoms with E-state index in [0.29, 0.717) is 12.3 Å². The molecule has 1 N–H and O–H groups in total. The van der Waals surface area contributed by atoms with Crippen LogP contribution in [0.4, 0.5) is 11.4 Å². The van der Waals surface area contributed by atoms with Crippen molar-refractivity contribution in [1.29, 1.82) is 0 Å². The summed E-state index contributed by atoms with van der Waals surface area (Å²) in [6.45, 7) is 2.28. The van der Waals surface area contributed by atoms with Crippen molar-refractivity contribution in [3.05, 3.63) is 39.8 Å². The van der Waals surface area contributed by atoms with Gasteiger partial charge in [0.1, 0.15) is 0 Å². The van der Waals surface area contributed by atoms with Crippen LogP contribution in [-0.2, 0) is 9.84 Å². The van der Waals surface area contributed by atoms with E-state index in [9.17, 15) is 18.5 Å². The van der Waals surface area contributed by atoms with E-state index in [1.165, 1.54) is 23.6 Å². The predicted molar refractivity (Wildman–Crippen MR) is 79.2 cm³/mol. The van der Waals surface area contributed by atoms with Crippen molar-refractivity contribution >= 4 is 21.2 Å². The number of nitrogens with zero attached hydrogens (tertiary/aromatic N) is 1. The van der Waals surface area contributed by atoms with E-state index in [1.807, 2.05) is 6.92 Å². The number of nitro benzene ring substituents is 1. The highest BCUT2D eigenvalue weighted by atomic mass is 32.2. The van der Waals surface area contributed by atoms with Gasteiger partial charge in [0.15, 0.2) is 15.6 Å². The van der Waals surface area contributed by atoms with Crippen molar-refractivity contribution in [2.45, 2.75) is 19.4 Å². The molecule has 1 aliphatic heterocycles. The minimum atomic E-state index is -3.14. The molecule has 0 spiro atoms. The van der Waals surface area contributed by atoms with Gasteiger partial charge in [-0.05, 0) is 12.5 Å². The molecule has 0 fully saturated rings. The number of sulfone groups is 1. The molecule has 0 aliphatic carbocycles. The fourth-order valence-corrected chi connectivity index (χ4v) is 3.20. The molecular formula is C13H16N2O5S. The maximum atomic E-state index is 11.3. The number of hydrogen-bond acceptors (Lipinski definition) is 6. The lowest BCUT2D eigenvalue weighted by Crippen LogP contribution is -2.20. The SMILES string of the molecule is CCCOc1cc(NC2C=CS(=O)(=O)C2)ccc1[N+](=O)[O-]. The fourth-order valence-electron chi connectivity index (χ4n) is 1.96. The third kappa shape index (κ3) is 3.94. The zero-order valence-electron chi connectivity index (χ0n) is 11.5. The van der Waals surface area contributed by atoms with Crippen LogP contribution in [0.5, 0.6) is 5.75 Å². The van der Waals surface area contributed by atoms with Crippen molar-refractivity contribution < 1.29 is 18.1 Å². The summed E-state index contributed by atoms with van der Waals surface area (Å²) in [6, 6.07) is 4.07. The molecule has 1 atom stereocenters. The van der Waals surface area contributed by atoms with Gasteiger partial charge >= 0.3 is 5.69 Å². The molecule has 8 heteroatoms. The first-order chi connectivity index (χ1) is 9.91. The van der Waals surface area contributed by atoms with Gasteiger partial charge in [0, 0.05) is 23.2 Å². The van der Waals surface area contributed by atoms with Gasteiger partial charge in [-0.15, -0.1) is 0 Å². The summed E-state index contributed by atoms with van der Waals surface area (Å²) in [5, 5.41) is 15.1. The van der Waals surface area contributed by atoms with Crippen molar-refractivity contribution in [1.82, 2.24) is 0 Å². The summed E-state index contributed by atoms with van der Waals surface area (Å²) in [6.07, 6.45) is 2.29. The number of nitro groups is 1. The Kier molecular flexibility index (Phi) is 4.46. The molecule has 0 radical (unpaired) electrons. The van der Waals surface area contributed by atoms with Crippen LogP contribution < -0.4 is 10.1 Å². The normalized spacial score (nSPS) is 19.4. The van der Waals surface area contributed by atoms with E-state index in [4.69, 9.17) is 4.74 Å². The van der Waals surface area contributed by atoms with Crippen LogP contribution in [-0.4, -0.2) is 31.7 Å². The quantitative estimate of drug-likeness (QED) is 0.638. The summed E-state index contributed by atoms with van der Waals surface area (Å²) < 4.78 is 28.1. The van der Waals surface area contributed by atoms with E-state index in [2.05, 4.69) is 5.32 Å². The summed E-state index contributed by atoms with van der Waals surface area (Å²) in [5.74, 6) is 0.159. The van der Waals surface area contributed by atoms with Gasteiger partial charge in [0.05, 0.1) is 23.3 Å². The van der Waals surface area contributed by atoms with Crippen LogP contribution in [0.25, 0.3) is 0 Å². The van der Waals surface area contributed by atoms with Crippen LogP contribution in [0.3, 0.4) is 0 Å². The van der Waals surface area contributed by atoms with E-state index in [-0.39, 0.29) is 23.2 Å². The standard InChI is InChI=1S/C13H16N2O5S/c1-2-6-20-13-8-10(3-4-12(13)15(16)17)14-11-5-7-21(18,19)9-11/h3-5,7-8,11,14H,2,6,9H2,1H3. The predicted octanol–water partition coefficient (Wildman–Crippen LogP) is 2.11. The zero-order valence-corrected chi connectivity index (χ0v) is 12.3. The minimum absolute atomic E-state index is 0.0187. The molecule has 1 aromatic carbocycles. The molecule has 1 aromatic rings. The summed E-state index contributed by atoms with van der Waals surface area (Å²) >= 11 is 0. The van der Waals surface area contributed by atoms with Gasteiger partial charge in [-0.25, -0.2) is 8.42 Å². The molecule has 0 aromatic heterocycles. The zero-order chi connectivity index (χ0) is 15.5. The average Bonchev–Trinajstić information content (AvgIpc) is 2.75. The van der Waals surface area contributed by atoms with Crippen LogP contribution in [0.15, 0.2) is 29.7 Å². The van der Waals surface area contributed by atoms with E-state index in [1.54, 1.807) is 6.08 Å². The second-order valence-corrected chi connectivity index (χ2v) is 6.63. The highest BCUT2D eigenvalue weighted by Gasteiger charge is 2.22. The fraction of sp³-hybridized carbons (Fsp3) is 0.385. The maximum absolute atomic E-state index is 11.3. The monoisotopic (exact) mass is 312 g/mol. The Morgan fingerprint density at radius 3 is 2.81 bits per heavy atom. The molecule has 0 saturated carbocycles. The molecule has 21 heavy (non-hydrogen) atoms. The van der Waals surface area contributed by atoms with E-state index in [0.717, 1.165) is 6.42 Å². The first kappa shape index (κ1) is 15.3. The van der Waals surface area contributed by atoms with Gasteiger partial charge in [-0.3, -0.25) is 10.1 Å². The molecule has 0 amide bonds.